The number of hydrogen-bond donors (Lipinski definition) is 0. The van der Waals surface area contributed by atoms with Crippen LogP contribution < -0.4 is 0 Å². The molecule has 2 unspecified atom stereocenters. The smallest absolute Gasteiger partial charge is 0.222 e. The monoisotopic (exact) mass is 285 g/mol. The zero-order chi connectivity index (χ0) is 15.1. The van der Waals surface area contributed by atoms with Gasteiger partial charge in [0.1, 0.15) is 0 Å². The zero-order valence-electron chi connectivity index (χ0n) is 13.7. The second-order valence-corrected chi connectivity index (χ2v) is 6.30. The molecule has 0 saturated carbocycles. The SMILES string of the molecule is CC(C)OCC1CCCN1C(=O)CCC(C)OC(C)C. The van der Waals surface area contributed by atoms with Crippen molar-refractivity contribution in [1.29, 1.82) is 0 Å². The minimum absolute atomic E-state index is 0.145. The molecule has 118 valence electrons. The fourth-order valence-corrected chi connectivity index (χ4v) is 2.64. The molecular weight excluding hydrogens is 254 g/mol. The van der Waals surface area contributed by atoms with Gasteiger partial charge in [0.05, 0.1) is 31.0 Å². The van der Waals surface area contributed by atoms with Gasteiger partial charge in [-0.3, -0.25) is 4.79 Å². The maximum Gasteiger partial charge on any atom is 0.222 e. The van der Waals surface area contributed by atoms with Crippen molar-refractivity contribution in [1.82, 2.24) is 4.90 Å². The summed E-state index contributed by atoms with van der Waals surface area (Å²) in [5.41, 5.74) is 0. The van der Waals surface area contributed by atoms with Crippen LogP contribution in [0.1, 0.15) is 60.3 Å². The number of carbonyl (C=O) groups excluding carboxylic acids is 1. The molecule has 4 nitrogen and oxygen atoms in total. The molecule has 1 aliphatic rings. The number of nitrogens with zero attached hydrogens (tertiary/aromatic N) is 1. The largest absolute Gasteiger partial charge is 0.377 e. The first-order chi connectivity index (χ1) is 9.40. The van der Waals surface area contributed by atoms with Crippen molar-refractivity contribution < 1.29 is 14.3 Å². The Morgan fingerprint density at radius 2 is 1.90 bits per heavy atom. The number of hydrogen-bond acceptors (Lipinski definition) is 3. The van der Waals surface area contributed by atoms with Gasteiger partial charge in [0, 0.05) is 13.0 Å². The summed E-state index contributed by atoms with van der Waals surface area (Å²) in [5, 5.41) is 0. The van der Waals surface area contributed by atoms with Crippen molar-refractivity contribution in [3.63, 3.8) is 0 Å². The molecule has 0 aromatic carbocycles. The Balaban J connectivity index is 2.33. The summed E-state index contributed by atoms with van der Waals surface area (Å²) >= 11 is 0. The normalized spacial score (nSPS) is 20.9. The molecule has 4 heteroatoms. The van der Waals surface area contributed by atoms with Gasteiger partial charge < -0.3 is 14.4 Å². The van der Waals surface area contributed by atoms with E-state index in [1.54, 1.807) is 0 Å². The van der Waals surface area contributed by atoms with E-state index in [9.17, 15) is 4.79 Å². The summed E-state index contributed by atoms with van der Waals surface area (Å²) in [6, 6.07) is 0.270. The van der Waals surface area contributed by atoms with Gasteiger partial charge in [-0.25, -0.2) is 0 Å². The first-order valence-corrected chi connectivity index (χ1v) is 7.96. The number of carbonyl (C=O) groups is 1. The summed E-state index contributed by atoms with van der Waals surface area (Å²) in [6.45, 7) is 11.7. The van der Waals surface area contributed by atoms with Crippen molar-refractivity contribution in [2.24, 2.45) is 0 Å². The van der Waals surface area contributed by atoms with Crippen LogP contribution in [-0.2, 0) is 14.3 Å². The lowest BCUT2D eigenvalue weighted by molar-refractivity contribution is -0.134. The van der Waals surface area contributed by atoms with Crippen LogP contribution in [0.25, 0.3) is 0 Å². The minimum atomic E-state index is 0.145. The maximum atomic E-state index is 12.3. The van der Waals surface area contributed by atoms with Crippen LogP contribution in [0.5, 0.6) is 0 Å². The van der Waals surface area contributed by atoms with Crippen molar-refractivity contribution in [3.8, 4) is 0 Å². The summed E-state index contributed by atoms with van der Waals surface area (Å²) in [5.74, 6) is 0.249. The van der Waals surface area contributed by atoms with Crippen LogP contribution in [0.2, 0.25) is 0 Å². The van der Waals surface area contributed by atoms with Gasteiger partial charge in [-0.1, -0.05) is 0 Å². The number of likely N-dealkylation sites (tertiary alicyclic amines) is 1. The van der Waals surface area contributed by atoms with E-state index in [1.165, 1.54) is 0 Å². The average molecular weight is 285 g/mol. The van der Waals surface area contributed by atoms with Crippen LogP contribution in [0.4, 0.5) is 0 Å². The zero-order valence-corrected chi connectivity index (χ0v) is 13.7. The molecule has 0 N–H and O–H groups in total. The molecule has 0 aliphatic carbocycles. The third-order valence-corrected chi connectivity index (χ3v) is 3.59. The Hall–Kier alpha value is -0.610. The van der Waals surface area contributed by atoms with E-state index in [0.717, 1.165) is 25.8 Å². The van der Waals surface area contributed by atoms with E-state index >= 15 is 0 Å². The summed E-state index contributed by atoms with van der Waals surface area (Å²) in [4.78, 5) is 14.3. The van der Waals surface area contributed by atoms with Crippen LogP contribution in [0.3, 0.4) is 0 Å². The molecule has 1 aliphatic heterocycles. The van der Waals surface area contributed by atoms with Crippen molar-refractivity contribution >= 4 is 5.91 Å². The van der Waals surface area contributed by atoms with Crippen molar-refractivity contribution in [2.45, 2.75) is 84.7 Å². The van der Waals surface area contributed by atoms with Crippen LogP contribution >= 0.6 is 0 Å². The fraction of sp³-hybridized carbons (Fsp3) is 0.938. The number of amides is 1. The fourth-order valence-electron chi connectivity index (χ4n) is 2.64. The van der Waals surface area contributed by atoms with Crippen LogP contribution in [0.15, 0.2) is 0 Å². The van der Waals surface area contributed by atoms with Gasteiger partial charge in [-0.15, -0.1) is 0 Å². The Kier molecular flexibility index (Phi) is 7.52. The molecule has 0 radical (unpaired) electrons. The molecule has 20 heavy (non-hydrogen) atoms. The van der Waals surface area contributed by atoms with E-state index < -0.39 is 0 Å². The summed E-state index contributed by atoms with van der Waals surface area (Å²) < 4.78 is 11.3. The van der Waals surface area contributed by atoms with E-state index in [-0.39, 0.29) is 30.3 Å². The Bertz CT molecular complexity index is 291. The molecule has 1 fully saturated rings. The highest BCUT2D eigenvalue weighted by Gasteiger charge is 2.28. The third-order valence-electron chi connectivity index (χ3n) is 3.59. The van der Waals surface area contributed by atoms with Gasteiger partial charge >= 0.3 is 0 Å². The van der Waals surface area contributed by atoms with Gasteiger partial charge in [0.15, 0.2) is 0 Å². The quantitative estimate of drug-likeness (QED) is 0.688. The minimum Gasteiger partial charge on any atom is -0.377 e. The van der Waals surface area contributed by atoms with Crippen molar-refractivity contribution in [2.75, 3.05) is 13.2 Å². The maximum absolute atomic E-state index is 12.3. The van der Waals surface area contributed by atoms with E-state index in [1.807, 2.05) is 39.5 Å². The Morgan fingerprint density at radius 1 is 1.20 bits per heavy atom. The molecule has 2 atom stereocenters. The van der Waals surface area contributed by atoms with E-state index in [0.29, 0.717) is 13.0 Å². The lowest BCUT2D eigenvalue weighted by Crippen LogP contribution is -2.39. The topological polar surface area (TPSA) is 38.8 Å². The van der Waals surface area contributed by atoms with Crippen LogP contribution in [0, 0.1) is 0 Å². The van der Waals surface area contributed by atoms with Gasteiger partial charge in [0.25, 0.3) is 0 Å². The molecular formula is C16H31NO3. The van der Waals surface area contributed by atoms with Gasteiger partial charge in [-0.2, -0.15) is 0 Å². The number of ether oxygens (including phenoxy) is 2. The molecule has 1 amide bonds. The Labute approximate surface area is 123 Å². The standard InChI is InChI=1S/C16H31NO3/c1-12(2)19-11-15-7-6-10-17(15)16(18)9-8-14(5)20-13(3)4/h12-15H,6-11H2,1-5H3. The first-order valence-electron chi connectivity index (χ1n) is 7.96. The average Bonchev–Trinajstić information content (AvgIpc) is 2.81. The predicted molar refractivity (Wildman–Crippen MR) is 80.7 cm³/mol. The molecule has 0 aromatic heterocycles. The Morgan fingerprint density at radius 3 is 2.50 bits per heavy atom. The molecule has 1 saturated heterocycles. The van der Waals surface area contributed by atoms with Gasteiger partial charge in [0.2, 0.25) is 5.91 Å². The summed E-state index contributed by atoms with van der Waals surface area (Å²) in [6.07, 6.45) is 4.13. The second-order valence-electron chi connectivity index (χ2n) is 6.30. The lowest BCUT2D eigenvalue weighted by Gasteiger charge is -2.26. The molecule has 0 aromatic rings. The molecule has 0 bridgehead atoms. The lowest BCUT2D eigenvalue weighted by atomic mass is 10.2. The third kappa shape index (κ3) is 6.23. The van der Waals surface area contributed by atoms with E-state index in [4.69, 9.17) is 9.47 Å². The number of rotatable bonds is 8. The highest BCUT2D eigenvalue weighted by molar-refractivity contribution is 5.76. The van der Waals surface area contributed by atoms with Gasteiger partial charge in [-0.05, 0) is 53.9 Å². The highest BCUT2D eigenvalue weighted by Crippen LogP contribution is 2.20. The second kappa shape index (κ2) is 8.63. The van der Waals surface area contributed by atoms with E-state index in [2.05, 4.69) is 0 Å². The predicted octanol–water partition coefficient (Wildman–Crippen LogP) is 3.00. The first kappa shape index (κ1) is 17.4. The highest BCUT2D eigenvalue weighted by atomic mass is 16.5. The van der Waals surface area contributed by atoms with Crippen molar-refractivity contribution in [3.05, 3.63) is 0 Å². The molecule has 0 spiro atoms. The summed E-state index contributed by atoms with van der Waals surface area (Å²) in [7, 11) is 0. The van der Waals surface area contributed by atoms with Crippen LogP contribution in [-0.4, -0.2) is 48.3 Å². The molecule has 1 rings (SSSR count). The molecule has 1 heterocycles.